The summed E-state index contributed by atoms with van der Waals surface area (Å²) in [5.41, 5.74) is 5.38. The molecule has 2 heterocycles. The fourth-order valence-electron chi connectivity index (χ4n) is 1.06. The Morgan fingerprint density at radius 1 is 1.43 bits per heavy atom. The number of hydrogen-bond acceptors (Lipinski definition) is 6. The number of nitrogens with one attached hydrogen (secondary N) is 1. The predicted molar refractivity (Wildman–Crippen MR) is 57.4 cm³/mol. The van der Waals surface area contributed by atoms with Gasteiger partial charge >= 0.3 is 0 Å². The van der Waals surface area contributed by atoms with E-state index in [1.807, 2.05) is 0 Å². The average Bonchev–Trinajstić information content (AvgIpc) is 2.65. The Morgan fingerprint density at radius 3 is 3.21 bits per heavy atom. The lowest BCUT2D eigenvalue weighted by Gasteiger charge is -2.01. The van der Waals surface area contributed by atoms with E-state index >= 15 is 0 Å². The number of aromatic nitrogens is 3. The summed E-state index contributed by atoms with van der Waals surface area (Å²) in [4.78, 5) is 9.37. The van der Waals surface area contributed by atoms with Crippen molar-refractivity contribution in [3.05, 3.63) is 12.4 Å². The topological polar surface area (TPSA) is 76.7 Å². The Kier molecular flexibility index (Phi) is 2.85. The highest BCUT2D eigenvalue weighted by molar-refractivity contribution is 7.12. The molecule has 2 aromatic heterocycles. The van der Waals surface area contributed by atoms with Gasteiger partial charge in [0.1, 0.15) is 4.83 Å². The number of rotatable bonds is 4. The zero-order valence-electron chi connectivity index (χ0n) is 7.60. The SMILES string of the molecule is NCCCNc1ncc2cnsc2n1. The van der Waals surface area contributed by atoms with E-state index in [-0.39, 0.29) is 0 Å². The maximum absolute atomic E-state index is 5.38. The lowest BCUT2D eigenvalue weighted by atomic mass is 10.4. The van der Waals surface area contributed by atoms with Gasteiger partial charge in [-0.1, -0.05) is 0 Å². The molecule has 0 amide bonds. The third-order valence-electron chi connectivity index (χ3n) is 1.78. The fraction of sp³-hybridized carbons (Fsp3) is 0.375. The summed E-state index contributed by atoms with van der Waals surface area (Å²) in [6.45, 7) is 1.48. The zero-order chi connectivity index (χ0) is 9.80. The van der Waals surface area contributed by atoms with Crippen molar-refractivity contribution < 1.29 is 0 Å². The molecular weight excluding hydrogens is 198 g/mol. The molecule has 0 radical (unpaired) electrons. The Morgan fingerprint density at radius 2 is 2.36 bits per heavy atom. The molecule has 0 saturated heterocycles. The highest BCUT2D eigenvalue weighted by Gasteiger charge is 2.00. The summed E-state index contributed by atoms with van der Waals surface area (Å²) in [6, 6.07) is 0. The first-order valence-electron chi connectivity index (χ1n) is 4.41. The van der Waals surface area contributed by atoms with Gasteiger partial charge < -0.3 is 11.1 Å². The van der Waals surface area contributed by atoms with Crippen molar-refractivity contribution >= 4 is 27.7 Å². The van der Waals surface area contributed by atoms with Gasteiger partial charge in [-0.05, 0) is 24.5 Å². The van der Waals surface area contributed by atoms with Gasteiger partial charge in [0.15, 0.2) is 0 Å². The molecule has 6 heteroatoms. The molecule has 2 rings (SSSR count). The van der Waals surface area contributed by atoms with Gasteiger partial charge in [0.25, 0.3) is 0 Å². The van der Waals surface area contributed by atoms with Crippen molar-refractivity contribution in [2.24, 2.45) is 5.73 Å². The standard InChI is InChI=1S/C8H11N5S/c9-2-1-3-10-8-11-4-6-5-12-14-7(6)13-8/h4-5H,1-3,9H2,(H,10,11,13). The van der Waals surface area contributed by atoms with E-state index < -0.39 is 0 Å². The van der Waals surface area contributed by atoms with E-state index in [2.05, 4.69) is 19.7 Å². The van der Waals surface area contributed by atoms with Crippen molar-refractivity contribution in [1.29, 1.82) is 0 Å². The summed E-state index contributed by atoms with van der Waals surface area (Å²) < 4.78 is 4.03. The fourth-order valence-corrected chi connectivity index (χ4v) is 1.66. The van der Waals surface area contributed by atoms with E-state index in [1.54, 1.807) is 12.4 Å². The molecule has 0 spiro atoms. The van der Waals surface area contributed by atoms with Crippen LogP contribution in [0.3, 0.4) is 0 Å². The van der Waals surface area contributed by atoms with E-state index in [4.69, 9.17) is 5.73 Å². The molecule has 2 aromatic rings. The second-order valence-electron chi connectivity index (χ2n) is 2.85. The van der Waals surface area contributed by atoms with Gasteiger partial charge in [0.2, 0.25) is 5.95 Å². The van der Waals surface area contributed by atoms with Crippen LogP contribution in [0.25, 0.3) is 10.2 Å². The lowest BCUT2D eigenvalue weighted by Crippen LogP contribution is -2.10. The molecule has 0 aliphatic heterocycles. The van der Waals surface area contributed by atoms with Crippen LogP contribution in [0.2, 0.25) is 0 Å². The normalized spacial score (nSPS) is 10.6. The monoisotopic (exact) mass is 209 g/mol. The first-order valence-corrected chi connectivity index (χ1v) is 5.19. The Hall–Kier alpha value is -1.27. The minimum Gasteiger partial charge on any atom is -0.354 e. The molecule has 3 N–H and O–H groups in total. The minimum atomic E-state index is 0.648. The second kappa shape index (κ2) is 4.30. The van der Waals surface area contributed by atoms with Crippen molar-refractivity contribution in [3.63, 3.8) is 0 Å². The van der Waals surface area contributed by atoms with Crippen molar-refractivity contribution in [2.75, 3.05) is 18.4 Å². The van der Waals surface area contributed by atoms with Crippen molar-refractivity contribution in [1.82, 2.24) is 14.3 Å². The van der Waals surface area contributed by atoms with Crippen LogP contribution in [0.4, 0.5) is 5.95 Å². The van der Waals surface area contributed by atoms with Crippen LogP contribution in [0.5, 0.6) is 0 Å². The molecule has 0 aliphatic carbocycles. The quantitative estimate of drug-likeness (QED) is 0.730. The summed E-state index contributed by atoms with van der Waals surface area (Å²) in [5.74, 6) is 0.648. The predicted octanol–water partition coefficient (Wildman–Crippen LogP) is 0.847. The van der Waals surface area contributed by atoms with Gasteiger partial charge in [-0.2, -0.15) is 4.37 Å². The first kappa shape index (κ1) is 9.29. The highest BCUT2D eigenvalue weighted by atomic mass is 32.1. The second-order valence-corrected chi connectivity index (χ2v) is 3.63. The van der Waals surface area contributed by atoms with Crippen LogP contribution >= 0.6 is 11.5 Å². The molecule has 0 atom stereocenters. The van der Waals surface area contributed by atoms with Crippen LogP contribution in [-0.4, -0.2) is 27.4 Å². The molecule has 0 saturated carbocycles. The molecule has 74 valence electrons. The van der Waals surface area contributed by atoms with Crippen LogP contribution < -0.4 is 11.1 Å². The van der Waals surface area contributed by atoms with E-state index in [9.17, 15) is 0 Å². The van der Waals surface area contributed by atoms with E-state index in [0.717, 1.165) is 23.2 Å². The highest BCUT2D eigenvalue weighted by Crippen LogP contribution is 2.15. The average molecular weight is 209 g/mol. The maximum atomic E-state index is 5.38. The van der Waals surface area contributed by atoms with E-state index in [1.165, 1.54) is 11.5 Å². The first-order chi connectivity index (χ1) is 6.90. The molecule has 14 heavy (non-hydrogen) atoms. The maximum Gasteiger partial charge on any atom is 0.224 e. The summed E-state index contributed by atoms with van der Waals surface area (Å²) >= 11 is 1.37. The number of fused-ring (bicyclic) bond motifs is 1. The van der Waals surface area contributed by atoms with Gasteiger partial charge in [0, 0.05) is 18.1 Å². The third-order valence-corrected chi connectivity index (χ3v) is 2.49. The number of hydrogen-bond donors (Lipinski definition) is 2. The molecule has 0 aromatic carbocycles. The number of nitrogens with two attached hydrogens (primary N) is 1. The van der Waals surface area contributed by atoms with Crippen LogP contribution in [-0.2, 0) is 0 Å². The summed E-state index contributed by atoms with van der Waals surface area (Å²) in [5, 5.41) is 4.09. The third kappa shape index (κ3) is 1.97. The molecular formula is C8H11N5S. The van der Waals surface area contributed by atoms with Crippen LogP contribution in [0, 0.1) is 0 Å². The largest absolute Gasteiger partial charge is 0.354 e. The number of anilines is 1. The van der Waals surface area contributed by atoms with Gasteiger partial charge in [-0.3, -0.25) is 0 Å². The van der Waals surface area contributed by atoms with Gasteiger partial charge in [-0.25, -0.2) is 9.97 Å². The van der Waals surface area contributed by atoms with E-state index in [0.29, 0.717) is 12.5 Å². The molecule has 0 unspecified atom stereocenters. The Labute approximate surface area is 85.5 Å². The summed E-state index contributed by atoms with van der Waals surface area (Å²) in [7, 11) is 0. The van der Waals surface area contributed by atoms with Gasteiger partial charge in [0.05, 0.1) is 6.20 Å². The van der Waals surface area contributed by atoms with Crippen molar-refractivity contribution in [3.8, 4) is 0 Å². The molecule has 0 bridgehead atoms. The molecule has 0 aliphatic rings. The Balaban J connectivity index is 2.10. The molecule has 5 nitrogen and oxygen atoms in total. The smallest absolute Gasteiger partial charge is 0.224 e. The van der Waals surface area contributed by atoms with Crippen LogP contribution in [0.15, 0.2) is 12.4 Å². The lowest BCUT2D eigenvalue weighted by molar-refractivity contribution is 0.865. The Bertz CT molecular complexity index is 413. The molecule has 0 fully saturated rings. The summed E-state index contributed by atoms with van der Waals surface area (Å²) in [6.07, 6.45) is 4.46. The number of nitrogens with zero attached hydrogens (tertiary/aromatic N) is 3. The minimum absolute atomic E-state index is 0.648. The van der Waals surface area contributed by atoms with Crippen molar-refractivity contribution in [2.45, 2.75) is 6.42 Å². The van der Waals surface area contributed by atoms with Gasteiger partial charge in [-0.15, -0.1) is 0 Å². The van der Waals surface area contributed by atoms with Crippen LogP contribution in [0.1, 0.15) is 6.42 Å². The zero-order valence-corrected chi connectivity index (χ0v) is 8.42.